The summed E-state index contributed by atoms with van der Waals surface area (Å²) in [4.78, 5) is 12.1. The number of carbonyl (C=O) groups excluding carboxylic acids is 1. The van der Waals surface area contributed by atoms with E-state index in [0.717, 1.165) is 19.5 Å². The van der Waals surface area contributed by atoms with E-state index in [9.17, 15) is 9.90 Å². The van der Waals surface area contributed by atoms with Crippen LogP contribution in [0.2, 0.25) is 0 Å². The van der Waals surface area contributed by atoms with Crippen molar-refractivity contribution in [3.05, 3.63) is 23.8 Å². The average Bonchev–Trinajstić information content (AvgIpc) is 2.38. The predicted molar refractivity (Wildman–Crippen MR) is 72.6 cm³/mol. The monoisotopic (exact) mass is 264 g/mol. The summed E-state index contributed by atoms with van der Waals surface area (Å²) >= 11 is 0. The maximum absolute atomic E-state index is 12.1. The molecule has 1 amide bonds. The minimum absolute atomic E-state index is 0.0229. The van der Waals surface area contributed by atoms with Crippen LogP contribution < -0.4 is 15.4 Å². The van der Waals surface area contributed by atoms with Gasteiger partial charge in [0.25, 0.3) is 5.91 Å². The molecule has 0 saturated carbocycles. The Morgan fingerprint density at radius 2 is 2.26 bits per heavy atom. The second-order valence-electron chi connectivity index (χ2n) is 5.06. The molecule has 1 aliphatic rings. The number of phenolic OH excluding ortho intramolecular Hbond substituents is 1. The Morgan fingerprint density at radius 3 is 2.89 bits per heavy atom. The van der Waals surface area contributed by atoms with Crippen LogP contribution in [-0.4, -0.2) is 37.3 Å². The molecule has 0 aliphatic carbocycles. The fourth-order valence-electron chi connectivity index (χ4n) is 2.37. The number of aromatic hydroxyl groups is 1. The molecule has 1 fully saturated rings. The van der Waals surface area contributed by atoms with E-state index in [0.29, 0.717) is 17.2 Å². The lowest BCUT2D eigenvalue weighted by Crippen LogP contribution is -2.48. The maximum Gasteiger partial charge on any atom is 0.251 e. The van der Waals surface area contributed by atoms with Gasteiger partial charge in [0, 0.05) is 18.2 Å². The van der Waals surface area contributed by atoms with Crippen molar-refractivity contribution in [3.63, 3.8) is 0 Å². The zero-order chi connectivity index (χ0) is 13.8. The van der Waals surface area contributed by atoms with Gasteiger partial charge in [-0.1, -0.05) is 6.92 Å². The SMILES string of the molecule is COc1ccc(C(=O)NC2CNCC(C)C2)cc1O. The van der Waals surface area contributed by atoms with E-state index in [1.165, 1.54) is 13.2 Å². The number of rotatable bonds is 3. The van der Waals surface area contributed by atoms with Gasteiger partial charge < -0.3 is 20.5 Å². The first-order valence-electron chi connectivity index (χ1n) is 6.48. The minimum atomic E-state index is -0.168. The van der Waals surface area contributed by atoms with Crippen molar-refractivity contribution >= 4 is 5.91 Å². The number of carbonyl (C=O) groups is 1. The van der Waals surface area contributed by atoms with Crippen molar-refractivity contribution in [2.24, 2.45) is 5.92 Å². The highest BCUT2D eigenvalue weighted by molar-refractivity contribution is 5.95. The molecule has 1 aromatic rings. The van der Waals surface area contributed by atoms with Crippen LogP contribution in [-0.2, 0) is 0 Å². The predicted octanol–water partition coefficient (Wildman–Crippen LogP) is 1.13. The number of phenols is 1. The summed E-state index contributed by atoms with van der Waals surface area (Å²) in [7, 11) is 1.48. The molecule has 0 aromatic heterocycles. The summed E-state index contributed by atoms with van der Waals surface area (Å²) in [5, 5.41) is 15.9. The van der Waals surface area contributed by atoms with Crippen LogP contribution in [0, 0.1) is 5.92 Å². The van der Waals surface area contributed by atoms with E-state index in [4.69, 9.17) is 4.74 Å². The molecule has 2 atom stereocenters. The van der Waals surface area contributed by atoms with Crippen LogP contribution in [0.1, 0.15) is 23.7 Å². The fourth-order valence-corrected chi connectivity index (χ4v) is 2.37. The lowest BCUT2D eigenvalue weighted by Gasteiger charge is -2.28. The highest BCUT2D eigenvalue weighted by Gasteiger charge is 2.20. The van der Waals surface area contributed by atoms with Gasteiger partial charge in [-0.25, -0.2) is 0 Å². The summed E-state index contributed by atoms with van der Waals surface area (Å²) in [6, 6.07) is 4.80. The third-order valence-corrected chi connectivity index (χ3v) is 3.35. The molecule has 0 spiro atoms. The quantitative estimate of drug-likeness (QED) is 0.765. The van der Waals surface area contributed by atoms with Crippen LogP contribution in [0.5, 0.6) is 11.5 Å². The van der Waals surface area contributed by atoms with Crippen LogP contribution in [0.15, 0.2) is 18.2 Å². The van der Waals surface area contributed by atoms with Gasteiger partial charge in [0.1, 0.15) is 0 Å². The second kappa shape index (κ2) is 5.93. The van der Waals surface area contributed by atoms with Crippen molar-refractivity contribution in [1.29, 1.82) is 0 Å². The molecule has 104 valence electrons. The molecule has 0 bridgehead atoms. The van der Waals surface area contributed by atoms with Gasteiger partial charge >= 0.3 is 0 Å². The first-order valence-corrected chi connectivity index (χ1v) is 6.48. The third kappa shape index (κ3) is 3.38. The van der Waals surface area contributed by atoms with Gasteiger partial charge in [0.15, 0.2) is 11.5 Å². The second-order valence-corrected chi connectivity index (χ2v) is 5.06. The molecule has 1 aliphatic heterocycles. The van der Waals surface area contributed by atoms with E-state index in [1.807, 2.05) is 0 Å². The molecular weight excluding hydrogens is 244 g/mol. The summed E-state index contributed by atoms with van der Waals surface area (Å²) in [5.74, 6) is 0.733. The largest absolute Gasteiger partial charge is 0.504 e. The van der Waals surface area contributed by atoms with Crippen molar-refractivity contribution in [2.75, 3.05) is 20.2 Å². The Kier molecular flexibility index (Phi) is 4.27. The maximum atomic E-state index is 12.1. The number of hydrogen-bond acceptors (Lipinski definition) is 4. The van der Waals surface area contributed by atoms with Crippen molar-refractivity contribution < 1.29 is 14.6 Å². The van der Waals surface area contributed by atoms with Gasteiger partial charge in [0.05, 0.1) is 7.11 Å². The van der Waals surface area contributed by atoms with Gasteiger partial charge in [-0.2, -0.15) is 0 Å². The molecular formula is C14H20N2O3. The Morgan fingerprint density at radius 1 is 1.47 bits per heavy atom. The highest BCUT2D eigenvalue weighted by atomic mass is 16.5. The zero-order valence-electron chi connectivity index (χ0n) is 11.3. The van der Waals surface area contributed by atoms with E-state index in [-0.39, 0.29) is 17.7 Å². The van der Waals surface area contributed by atoms with Crippen LogP contribution in [0.25, 0.3) is 0 Å². The lowest BCUT2D eigenvalue weighted by molar-refractivity contribution is 0.0925. The molecule has 1 saturated heterocycles. The van der Waals surface area contributed by atoms with E-state index in [2.05, 4.69) is 17.6 Å². The smallest absolute Gasteiger partial charge is 0.251 e. The van der Waals surface area contributed by atoms with E-state index < -0.39 is 0 Å². The molecule has 1 aromatic carbocycles. The van der Waals surface area contributed by atoms with Crippen molar-refractivity contribution in [1.82, 2.24) is 10.6 Å². The number of methoxy groups -OCH3 is 1. The average molecular weight is 264 g/mol. The lowest BCUT2D eigenvalue weighted by atomic mass is 9.97. The van der Waals surface area contributed by atoms with Crippen molar-refractivity contribution in [2.45, 2.75) is 19.4 Å². The summed E-state index contributed by atoms with van der Waals surface area (Å²) < 4.78 is 4.95. The van der Waals surface area contributed by atoms with Crippen LogP contribution in [0.4, 0.5) is 0 Å². The number of benzene rings is 1. The van der Waals surface area contributed by atoms with E-state index >= 15 is 0 Å². The summed E-state index contributed by atoms with van der Waals surface area (Å²) in [6.07, 6.45) is 0.973. The Balaban J connectivity index is 2.01. The Labute approximate surface area is 113 Å². The van der Waals surface area contributed by atoms with Gasteiger partial charge in [-0.15, -0.1) is 0 Å². The van der Waals surface area contributed by atoms with Gasteiger partial charge in [-0.05, 0) is 37.1 Å². The van der Waals surface area contributed by atoms with E-state index in [1.54, 1.807) is 12.1 Å². The third-order valence-electron chi connectivity index (χ3n) is 3.35. The fraction of sp³-hybridized carbons (Fsp3) is 0.500. The molecule has 5 heteroatoms. The Hall–Kier alpha value is -1.75. The molecule has 1 heterocycles. The molecule has 5 nitrogen and oxygen atoms in total. The molecule has 3 N–H and O–H groups in total. The standard InChI is InChI=1S/C14H20N2O3/c1-9-5-11(8-15-7-9)16-14(18)10-3-4-13(19-2)12(17)6-10/h3-4,6,9,11,15,17H,5,7-8H2,1-2H3,(H,16,18). The first-order chi connectivity index (χ1) is 9.10. The first kappa shape index (κ1) is 13.7. The number of piperidine rings is 1. The zero-order valence-corrected chi connectivity index (χ0v) is 11.3. The summed E-state index contributed by atoms with van der Waals surface area (Å²) in [5.41, 5.74) is 0.441. The van der Waals surface area contributed by atoms with Crippen molar-refractivity contribution in [3.8, 4) is 11.5 Å². The topological polar surface area (TPSA) is 70.6 Å². The number of hydrogen-bond donors (Lipinski definition) is 3. The molecule has 19 heavy (non-hydrogen) atoms. The molecule has 2 rings (SSSR count). The summed E-state index contributed by atoms with van der Waals surface area (Å²) in [6.45, 7) is 3.94. The minimum Gasteiger partial charge on any atom is -0.504 e. The Bertz CT molecular complexity index is 462. The molecule has 0 radical (unpaired) electrons. The number of amides is 1. The normalized spacial score (nSPS) is 22.8. The van der Waals surface area contributed by atoms with Crippen LogP contribution in [0.3, 0.4) is 0 Å². The van der Waals surface area contributed by atoms with Crippen LogP contribution >= 0.6 is 0 Å². The van der Waals surface area contributed by atoms with Gasteiger partial charge in [0.2, 0.25) is 0 Å². The number of nitrogens with one attached hydrogen (secondary N) is 2. The number of ether oxygens (including phenoxy) is 1. The van der Waals surface area contributed by atoms with Gasteiger partial charge in [-0.3, -0.25) is 4.79 Å². The highest BCUT2D eigenvalue weighted by Crippen LogP contribution is 2.26. The molecule has 2 unspecified atom stereocenters.